The summed E-state index contributed by atoms with van der Waals surface area (Å²) in [5, 5.41) is 71.0. The third-order valence-corrected chi connectivity index (χ3v) is 0.0278. The van der Waals surface area contributed by atoms with Gasteiger partial charge in [-0.3, -0.25) is 21.0 Å². The third-order valence-electron chi connectivity index (χ3n) is 0.0278. The van der Waals surface area contributed by atoms with Crippen LogP contribution < -0.4 is 21.0 Å². The van der Waals surface area contributed by atoms with Crippen LogP contribution in [-0.4, -0.2) is 37.0 Å². The Morgan fingerprint density at radius 1 is 0.600 bits per heavy atom. The van der Waals surface area contributed by atoms with E-state index in [0.29, 0.717) is 0 Å². The summed E-state index contributed by atoms with van der Waals surface area (Å²) in [5.74, 6) is 0. The first-order chi connectivity index (χ1) is 8.91. The van der Waals surface area contributed by atoms with Gasteiger partial charge in [-0.25, -0.2) is 0 Å². The molecule has 0 aromatic rings. The topological polar surface area (TPSA) is 364 Å². The minimum Gasteiger partial charge on any atom is -0.870 e. The second kappa shape index (κ2) is 58400. The molecule has 0 aromatic heterocycles. The van der Waals surface area contributed by atoms with Crippen LogP contribution in [0.15, 0.2) is 0 Å². The van der Waals surface area contributed by atoms with Gasteiger partial charge in [-0.05, 0) is 0 Å². The fourth-order valence-electron chi connectivity index (χ4n) is 0. The van der Waals surface area contributed by atoms with Crippen molar-refractivity contribution in [1.82, 2.24) is 0 Å². The van der Waals surface area contributed by atoms with Crippen LogP contribution in [0.2, 0.25) is 0 Å². The van der Waals surface area contributed by atoms with E-state index in [-0.39, 0.29) is 14.3 Å². The van der Waals surface area contributed by atoms with E-state index in [4.69, 9.17) is 82.4 Å². The van der Waals surface area contributed by atoms with Crippen molar-refractivity contribution < 1.29 is 69.6 Å². The quantitative estimate of drug-likeness (QED) is 0.197. The summed E-state index contributed by atoms with van der Waals surface area (Å²) < 4.78 is 0. The maximum Gasteiger partial charge on any atom is 0 e. The summed E-state index contributed by atoms with van der Waals surface area (Å²) in [5.41, 5.74) is 0. The Balaban J connectivity index is -0.00000000605. The smallest absolute Gasteiger partial charge is 0 e. The number of hydrogen-bond donors (Lipinski definition) is 6. The highest BCUT2D eigenvalue weighted by molar-refractivity contribution is 4.08. The molecule has 0 aliphatic rings. The molecule has 0 bridgehead atoms. The molecule has 0 radical (unpaired) electrons. The summed E-state index contributed by atoms with van der Waals surface area (Å²) in [7, 11) is 0. The molecule has 0 aliphatic heterocycles. The minimum absolute atomic E-state index is 0. The first kappa shape index (κ1) is 79.6. The van der Waals surface area contributed by atoms with Crippen LogP contribution >= 0.6 is 0 Å². The standard InChI is InChI=1S/CH4.H2O4.4H2O2.3O2.H2O.H2/c;1-3-4-2;7*1-2;;/h1H4;1-2H;4*1-2H;;;;1H2;1H/p-5. The molecule has 19 nitrogen and oxygen atoms in total. The summed E-state index contributed by atoms with van der Waals surface area (Å²) >= 11 is 0. The Bertz CT molecular complexity index is 28.0. The van der Waals surface area contributed by atoms with Gasteiger partial charge in [0.2, 0.25) is 0 Å². The molecule has 0 unspecified atom stereocenters. The van der Waals surface area contributed by atoms with Gasteiger partial charge < -0.3 is 47.1 Å². The average Bonchev–Trinajstić information content (AvgIpc) is 2.60. The molecule has 20 heavy (non-hydrogen) atoms. The molecule has 0 saturated heterocycles. The molecular formula is CH13O19-5. The molecule has 0 spiro atoms. The molecule has 0 fully saturated rings. The van der Waals surface area contributed by atoms with Crippen molar-refractivity contribution >= 4 is 0 Å². The fraction of sp³-hybridized carbons (Fsp3) is 1.00. The Labute approximate surface area is 108 Å². The van der Waals surface area contributed by atoms with Gasteiger partial charge in [-0.2, -0.15) is 0 Å². The van der Waals surface area contributed by atoms with Gasteiger partial charge >= 0.3 is 0 Å². The Morgan fingerprint density at radius 3 is 0.650 bits per heavy atom. The molecule has 0 aromatic carbocycles. The predicted octanol–water partition coefficient (Wildman–Crippen LogP) is -3.93. The zero-order chi connectivity index (χ0) is 17.4. The maximum atomic E-state index is 8.26. The van der Waals surface area contributed by atoms with Crippen molar-refractivity contribution in [2.45, 2.75) is 7.43 Å². The molecule has 7 N–H and O–H groups in total. The van der Waals surface area contributed by atoms with E-state index >= 15 is 0 Å². The molecule has 0 heterocycles. The van der Waals surface area contributed by atoms with Crippen LogP contribution in [0.4, 0.5) is 0 Å². The molecule has 0 saturated carbocycles. The van der Waals surface area contributed by atoms with Crippen LogP contribution in [0.5, 0.6) is 0 Å². The predicted molar refractivity (Wildman–Crippen MR) is 48.9 cm³/mol. The van der Waals surface area contributed by atoms with Gasteiger partial charge in [0.25, 0.3) is 0 Å². The lowest BCUT2D eigenvalue weighted by atomic mass is 12.0. The van der Waals surface area contributed by atoms with Crippen molar-refractivity contribution in [1.29, 1.82) is 0 Å². The molecular weight excluding hydrogens is 316 g/mol. The molecule has 136 valence electrons. The van der Waals surface area contributed by atoms with E-state index in [1.54, 1.807) is 0 Å². The zero-order valence-electron chi connectivity index (χ0n) is 8.03. The van der Waals surface area contributed by atoms with Crippen molar-refractivity contribution in [3.05, 3.63) is 29.8 Å². The van der Waals surface area contributed by atoms with Gasteiger partial charge in [0.1, 0.15) is 0 Å². The van der Waals surface area contributed by atoms with Gasteiger partial charge in [-0.15, -0.1) is 0 Å². The lowest BCUT2D eigenvalue weighted by Gasteiger charge is -2.05. The Morgan fingerprint density at radius 2 is 0.650 bits per heavy atom. The fourth-order valence-corrected chi connectivity index (χ4v) is 0. The Kier molecular flexibility index (Phi) is 233000. The largest absolute Gasteiger partial charge is 0.870 e. The lowest BCUT2D eigenvalue weighted by Crippen LogP contribution is -2.13. The first-order valence-electron chi connectivity index (χ1n) is 1.77. The molecule has 0 atom stereocenters. The van der Waals surface area contributed by atoms with Crippen molar-refractivity contribution in [2.75, 3.05) is 0 Å². The van der Waals surface area contributed by atoms with E-state index in [2.05, 4.69) is 10.1 Å². The van der Waals surface area contributed by atoms with Gasteiger partial charge in [0.05, 0.1) is 0 Å². The third kappa shape index (κ3) is 7330. The molecule has 0 rings (SSSR count). The van der Waals surface area contributed by atoms with E-state index < -0.39 is 0 Å². The normalized spacial score (nSPS) is 3.30. The lowest BCUT2D eigenvalue weighted by molar-refractivity contribution is -0.958. The zero-order valence-corrected chi connectivity index (χ0v) is 8.03. The van der Waals surface area contributed by atoms with Gasteiger partial charge in [0.15, 0.2) is 0 Å². The number of hydrogen-bond acceptors (Lipinski definition) is 19. The van der Waals surface area contributed by atoms with Crippen LogP contribution in [0.3, 0.4) is 0 Å². The summed E-state index contributed by atoms with van der Waals surface area (Å²) in [6.07, 6.45) is 0. The monoisotopic (exact) mass is 329 g/mol. The highest BCUT2D eigenvalue weighted by Gasteiger charge is 1.22. The van der Waals surface area contributed by atoms with E-state index in [9.17, 15) is 0 Å². The van der Waals surface area contributed by atoms with Gasteiger partial charge in [-0.1, -0.05) is 7.43 Å². The van der Waals surface area contributed by atoms with Crippen LogP contribution in [0.25, 0.3) is 0 Å². The Hall–Kier alpha value is -1.72. The van der Waals surface area contributed by atoms with Crippen LogP contribution in [0, 0.1) is 29.8 Å². The van der Waals surface area contributed by atoms with Gasteiger partial charge in [0, 0.05) is 31.2 Å². The maximum absolute atomic E-state index is 8.26. The summed E-state index contributed by atoms with van der Waals surface area (Å²) in [4.78, 5) is 42.0. The average molecular weight is 329 g/mol. The molecule has 0 aliphatic carbocycles. The summed E-state index contributed by atoms with van der Waals surface area (Å²) in [6, 6.07) is 0. The number of rotatable bonds is 1. The first-order valence-corrected chi connectivity index (χ1v) is 1.77. The van der Waals surface area contributed by atoms with Crippen molar-refractivity contribution in [3.8, 4) is 0 Å². The highest BCUT2D eigenvalue weighted by Crippen LogP contribution is 1.33. The van der Waals surface area contributed by atoms with Crippen molar-refractivity contribution in [2.24, 2.45) is 0 Å². The van der Waals surface area contributed by atoms with E-state index in [1.807, 2.05) is 0 Å². The molecule has 19 heteroatoms. The second-order valence-electron chi connectivity index (χ2n) is 0.136. The SMILES string of the molecule is C.O=O.O=O.O=O.OO.OO.[HH].[O-]O.[O-]O.[O-]OO[O-].[OH-]. The molecule has 0 amide bonds. The van der Waals surface area contributed by atoms with Crippen LogP contribution in [0.1, 0.15) is 8.85 Å². The van der Waals surface area contributed by atoms with Crippen LogP contribution in [-0.2, 0) is 10.1 Å². The minimum atomic E-state index is 0. The van der Waals surface area contributed by atoms with E-state index in [0.717, 1.165) is 0 Å². The van der Waals surface area contributed by atoms with Crippen molar-refractivity contribution in [3.63, 3.8) is 0 Å². The summed E-state index contributed by atoms with van der Waals surface area (Å²) in [6.45, 7) is 0. The van der Waals surface area contributed by atoms with E-state index in [1.165, 1.54) is 0 Å². The second-order valence-corrected chi connectivity index (χ2v) is 0.136. The highest BCUT2D eigenvalue weighted by atomic mass is 17.6.